The summed E-state index contributed by atoms with van der Waals surface area (Å²) >= 11 is 18.9. The van der Waals surface area contributed by atoms with Gasteiger partial charge in [-0.3, -0.25) is 13.9 Å². The number of sulfonamides is 1. The largest absolute Gasteiger partial charge is 0.354 e. The molecule has 0 fully saturated rings. The topological polar surface area (TPSA) is 86.8 Å². The molecular weight excluding hydrogens is 593 g/mol. The van der Waals surface area contributed by atoms with Gasteiger partial charge >= 0.3 is 0 Å². The maximum Gasteiger partial charge on any atom is 0.264 e. The lowest BCUT2D eigenvalue weighted by Crippen LogP contribution is -2.52. The molecule has 7 nitrogen and oxygen atoms in total. The van der Waals surface area contributed by atoms with E-state index in [-0.39, 0.29) is 29.7 Å². The molecule has 0 aliphatic carbocycles. The Balaban J connectivity index is 2.06. The molecule has 0 radical (unpaired) electrons. The Morgan fingerprint density at radius 1 is 0.875 bits per heavy atom. The van der Waals surface area contributed by atoms with Gasteiger partial charge in [-0.1, -0.05) is 79.8 Å². The van der Waals surface area contributed by atoms with Gasteiger partial charge < -0.3 is 10.2 Å². The second-order valence-electron chi connectivity index (χ2n) is 9.59. The van der Waals surface area contributed by atoms with Crippen molar-refractivity contribution in [2.45, 2.75) is 44.7 Å². The quantitative estimate of drug-likeness (QED) is 0.252. The zero-order chi connectivity index (χ0) is 29.4. The fourth-order valence-corrected chi connectivity index (χ4v) is 6.11. The van der Waals surface area contributed by atoms with E-state index in [1.165, 1.54) is 29.2 Å². The fourth-order valence-electron chi connectivity index (χ4n) is 4.05. The number of carbonyl (C=O) groups is 2. The van der Waals surface area contributed by atoms with Crippen LogP contribution in [0, 0.1) is 5.92 Å². The van der Waals surface area contributed by atoms with Crippen LogP contribution in [0.2, 0.25) is 15.1 Å². The van der Waals surface area contributed by atoms with E-state index in [0.717, 1.165) is 4.31 Å². The van der Waals surface area contributed by atoms with Crippen LogP contribution in [0.15, 0.2) is 77.7 Å². The van der Waals surface area contributed by atoms with Crippen molar-refractivity contribution >= 4 is 62.3 Å². The van der Waals surface area contributed by atoms with Crippen molar-refractivity contribution in [2.24, 2.45) is 5.92 Å². The minimum Gasteiger partial charge on any atom is -0.354 e. The first-order chi connectivity index (χ1) is 18.9. The van der Waals surface area contributed by atoms with E-state index in [1.54, 1.807) is 55.5 Å². The molecule has 0 saturated heterocycles. The molecule has 2 amide bonds. The van der Waals surface area contributed by atoms with E-state index in [2.05, 4.69) is 5.32 Å². The second-order valence-corrected chi connectivity index (χ2v) is 12.7. The van der Waals surface area contributed by atoms with Gasteiger partial charge in [0, 0.05) is 33.7 Å². The van der Waals surface area contributed by atoms with Gasteiger partial charge in [-0.05, 0) is 60.9 Å². The van der Waals surface area contributed by atoms with Gasteiger partial charge in [0.05, 0.1) is 10.6 Å². The van der Waals surface area contributed by atoms with E-state index in [4.69, 9.17) is 34.8 Å². The van der Waals surface area contributed by atoms with Gasteiger partial charge in [-0.15, -0.1) is 0 Å². The van der Waals surface area contributed by atoms with Crippen molar-refractivity contribution in [3.8, 4) is 0 Å². The third-order valence-electron chi connectivity index (χ3n) is 6.19. The molecule has 0 aliphatic heterocycles. The molecule has 3 aromatic carbocycles. The van der Waals surface area contributed by atoms with E-state index >= 15 is 0 Å². The monoisotopic (exact) mass is 623 g/mol. The maximum atomic E-state index is 14.1. The highest BCUT2D eigenvalue weighted by atomic mass is 35.5. The SMILES string of the molecule is CC[C@@H](C(=O)NCC(C)C)N(Cc1c(Cl)cccc1Cl)C(=O)CN(c1ccccc1)S(=O)(=O)c1ccc(Cl)cc1. The summed E-state index contributed by atoms with van der Waals surface area (Å²) in [6, 6.07) is 18.1. The molecule has 3 aromatic rings. The van der Waals surface area contributed by atoms with Gasteiger partial charge in [-0.2, -0.15) is 0 Å². The number of anilines is 1. The number of para-hydroxylation sites is 1. The minimum atomic E-state index is -4.19. The van der Waals surface area contributed by atoms with Crippen LogP contribution in [0.5, 0.6) is 0 Å². The van der Waals surface area contributed by atoms with Gasteiger partial charge in [0.15, 0.2) is 0 Å². The van der Waals surface area contributed by atoms with Crippen LogP contribution in [0.1, 0.15) is 32.8 Å². The van der Waals surface area contributed by atoms with E-state index in [9.17, 15) is 18.0 Å². The molecule has 0 saturated carbocycles. The number of hydrogen-bond donors (Lipinski definition) is 1. The highest BCUT2D eigenvalue weighted by Crippen LogP contribution is 2.29. The third kappa shape index (κ3) is 7.91. The Hall–Kier alpha value is -2.78. The smallest absolute Gasteiger partial charge is 0.264 e. The molecule has 1 atom stereocenters. The number of halogens is 3. The van der Waals surface area contributed by atoms with Gasteiger partial charge in [0.2, 0.25) is 11.8 Å². The summed E-state index contributed by atoms with van der Waals surface area (Å²) in [6.45, 7) is 5.48. The summed E-state index contributed by atoms with van der Waals surface area (Å²) < 4.78 is 28.6. The Morgan fingerprint density at radius 3 is 2.02 bits per heavy atom. The standard InChI is InChI=1S/C29H32Cl3N3O4S/c1-4-27(29(37)33-17-20(2)3)34(18-24-25(31)11-8-12-26(24)32)28(36)19-35(22-9-6-5-7-10-22)40(38,39)23-15-13-21(30)14-16-23/h5-16,20,27H,4,17-19H2,1-3H3,(H,33,37)/t27-/m0/s1. The maximum absolute atomic E-state index is 14.1. The van der Waals surface area contributed by atoms with Crippen molar-refractivity contribution in [1.82, 2.24) is 10.2 Å². The normalized spacial score (nSPS) is 12.2. The highest BCUT2D eigenvalue weighted by Gasteiger charge is 2.34. The molecule has 40 heavy (non-hydrogen) atoms. The Bertz CT molecular complexity index is 1400. The summed E-state index contributed by atoms with van der Waals surface area (Å²) in [6.07, 6.45) is 0.285. The number of nitrogens with one attached hydrogen (secondary N) is 1. The second kappa shape index (κ2) is 14.2. The Morgan fingerprint density at radius 2 is 1.48 bits per heavy atom. The van der Waals surface area contributed by atoms with Crippen LogP contribution >= 0.6 is 34.8 Å². The molecule has 214 valence electrons. The lowest BCUT2D eigenvalue weighted by atomic mass is 10.1. The molecule has 1 N–H and O–H groups in total. The zero-order valence-electron chi connectivity index (χ0n) is 22.5. The van der Waals surface area contributed by atoms with E-state index < -0.39 is 28.5 Å². The van der Waals surface area contributed by atoms with Crippen molar-refractivity contribution in [1.29, 1.82) is 0 Å². The van der Waals surface area contributed by atoms with E-state index in [0.29, 0.717) is 32.9 Å². The minimum absolute atomic E-state index is 0.0315. The number of hydrogen-bond acceptors (Lipinski definition) is 4. The van der Waals surface area contributed by atoms with Crippen LogP contribution < -0.4 is 9.62 Å². The van der Waals surface area contributed by atoms with Crippen molar-refractivity contribution in [3.63, 3.8) is 0 Å². The lowest BCUT2D eigenvalue weighted by Gasteiger charge is -2.33. The number of amides is 2. The van der Waals surface area contributed by atoms with Crippen LogP contribution in [0.4, 0.5) is 5.69 Å². The fraction of sp³-hybridized carbons (Fsp3) is 0.310. The molecule has 0 heterocycles. The predicted octanol–water partition coefficient (Wildman–Crippen LogP) is 6.42. The first-order valence-electron chi connectivity index (χ1n) is 12.8. The van der Waals surface area contributed by atoms with Crippen LogP contribution in [-0.4, -0.2) is 44.3 Å². The zero-order valence-corrected chi connectivity index (χ0v) is 25.6. The number of benzene rings is 3. The van der Waals surface area contributed by atoms with Crippen molar-refractivity contribution in [3.05, 3.63) is 93.4 Å². The lowest BCUT2D eigenvalue weighted by molar-refractivity contribution is -0.140. The summed E-state index contributed by atoms with van der Waals surface area (Å²) in [5.74, 6) is -0.745. The molecule has 0 aliphatic rings. The summed E-state index contributed by atoms with van der Waals surface area (Å²) in [5.41, 5.74) is 0.750. The molecule has 0 bridgehead atoms. The average molecular weight is 625 g/mol. The number of nitrogens with zero attached hydrogens (tertiary/aromatic N) is 2. The third-order valence-corrected chi connectivity index (χ3v) is 8.93. The molecule has 11 heteroatoms. The summed E-state index contributed by atoms with van der Waals surface area (Å²) in [5, 5.41) is 3.92. The summed E-state index contributed by atoms with van der Waals surface area (Å²) in [4.78, 5) is 28.6. The Kier molecular flexibility index (Phi) is 11.3. The average Bonchev–Trinajstić information content (AvgIpc) is 2.92. The highest BCUT2D eigenvalue weighted by molar-refractivity contribution is 7.92. The Labute approximate surface area is 251 Å². The molecule has 0 unspecified atom stereocenters. The first kappa shape index (κ1) is 31.7. The van der Waals surface area contributed by atoms with Gasteiger partial charge in [-0.25, -0.2) is 8.42 Å². The number of rotatable bonds is 12. The van der Waals surface area contributed by atoms with Crippen molar-refractivity contribution < 1.29 is 18.0 Å². The van der Waals surface area contributed by atoms with Crippen LogP contribution in [0.3, 0.4) is 0 Å². The first-order valence-corrected chi connectivity index (χ1v) is 15.4. The van der Waals surface area contributed by atoms with Gasteiger partial charge in [0.1, 0.15) is 12.6 Å². The molecule has 3 rings (SSSR count). The van der Waals surface area contributed by atoms with Crippen LogP contribution in [-0.2, 0) is 26.2 Å². The molecular formula is C29H32Cl3N3O4S. The number of carbonyl (C=O) groups excluding carboxylic acids is 2. The molecule has 0 spiro atoms. The van der Waals surface area contributed by atoms with Crippen LogP contribution in [0.25, 0.3) is 0 Å². The van der Waals surface area contributed by atoms with Crippen molar-refractivity contribution in [2.75, 3.05) is 17.4 Å². The predicted molar refractivity (Wildman–Crippen MR) is 161 cm³/mol. The van der Waals surface area contributed by atoms with E-state index in [1.807, 2.05) is 13.8 Å². The molecule has 0 aromatic heterocycles. The van der Waals surface area contributed by atoms with Gasteiger partial charge in [0.25, 0.3) is 10.0 Å². The summed E-state index contributed by atoms with van der Waals surface area (Å²) in [7, 11) is -4.19.